The van der Waals surface area contributed by atoms with Crippen LogP contribution in [0.5, 0.6) is 0 Å². The predicted octanol–water partition coefficient (Wildman–Crippen LogP) is -4.82. The molecule has 182 valence electrons. The number of aliphatic hydroxyl groups excluding tert-OH is 1. The molecule has 13 N–H and O–H groups in total. The van der Waals surface area contributed by atoms with Gasteiger partial charge < -0.3 is 49.1 Å². The van der Waals surface area contributed by atoms with Crippen molar-refractivity contribution in [3.63, 3.8) is 0 Å². The summed E-state index contributed by atoms with van der Waals surface area (Å²) in [6, 6.07) is -5.34. The summed E-state index contributed by atoms with van der Waals surface area (Å²) in [5.41, 5.74) is 20.9. The Labute approximate surface area is 184 Å². The van der Waals surface area contributed by atoms with E-state index in [1.54, 1.807) is 0 Å². The Kier molecular flexibility index (Phi) is 12.3. The van der Waals surface area contributed by atoms with Crippen LogP contribution in [0.4, 0.5) is 0 Å². The van der Waals surface area contributed by atoms with Crippen LogP contribution < -0.4 is 38.9 Å². The number of carboxylic acid groups (broad SMARTS) is 1. The van der Waals surface area contributed by atoms with Crippen LogP contribution in [0.1, 0.15) is 33.1 Å². The molecular weight excluding hydrogens is 428 g/mol. The summed E-state index contributed by atoms with van der Waals surface area (Å²) >= 11 is 0. The number of hydrogen-bond acceptors (Lipinski definition) is 8. The number of carboxylic acids is 1. The monoisotopic (exact) mass is 460 g/mol. The van der Waals surface area contributed by atoms with Gasteiger partial charge in [0.15, 0.2) is 5.96 Å². The quantitative estimate of drug-likeness (QED) is 0.0677. The molecule has 0 saturated heterocycles. The molecule has 0 aliphatic heterocycles. The highest BCUT2D eigenvalue weighted by Crippen LogP contribution is 2.03. The lowest BCUT2D eigenvalue weighted by Crippen LogP contribution is -2.60. The zero-order chi connectivity index (χ0) is 25.0. The third kappa shape index (κ3) is 11.1. The maximum absolute atomic E-state index is 12.7. The number of carbonyl (C=O) groups excluding carboxylic acids is 4. The van der Waals surface area contributed by atoms with Gasteiger partial charge in [0.2, 0.25) is 23.6 Å². The van der Waals surface area contributed by atoms with E-state index in [9.17, 15) is 29.1 Å². The first-order chi connectivity index (χ1) is 14.8. The minimum Gasteiger partial charge on any atom is -0.480 e. The number of nitrogens with zero attached hydrogens (tertiary/aromatic N) is 1. The van der Waals surface area contributed by atoms with Gasteiger partial charge in [-0.3, -0.25) is 24.2 Å². The van der Waals surface area contributed by atoms with Gasteiger partial charge in [-0.25, -0.2) is 4.79 Å². The number of primary amides is 1. The first-order valence-electron chi connectivity index (χ1n) is 9.67. The van der Waals surface area contributed by atoms with Gasteiger partial charge in [0.25, 0.3) is 0 Å². The molecule has 5 unspecified atom stereocenters. The van der Waals surface area contributed by atoms with E-state index in [0.29, 0.717) is 0 Å². The summed E-state index contributed by atoms with van der Waals surface area (Å²) in [6.45, 7) is 2.75. The minimum absolute atomic E-state index is 0.0641. The lowest BCUT2D eigenvalue weighted by atomic mass is 10.1. The number of guanidine groups is 1. The topological polar surface area (TPSA) is 278 Å². The molecule has 0 rings (SSSR count). The minimum atomic E-state index is -1.66. The fourth-order valence-electron chi connectivity index (χ4n) is 2.40. The van der Waals surface area contributed by atoms with Gasteiger partial charge in [-0.05, 0) is 26.7 Å². The maximum atomic E-state index is 12.7. The first-order valence-corrected chi connectivity index (χ1v) is 9.67. The van der Waals surface area contributed by atoms with Gasteiger partial charge in [-0.15, -0.1) is 0 Å². The van der Waals surface area contributed by atoms with Crippen molar-refractivity contribution in [1.29, 1.82) is 0 Å². The van der Waals surface area contributed by atoms with E-state index in [-0.39, 0.29) is 25.3 Å². The molecule has 0 aromatic carbocycles. The van der Waals surface area contributed by atoms with Crippen molar-refractivity contribution in [2.24, 2.45) is 27.9 Å². The second-order valence-electron chi connectivity index (χ2n) is 7.10. The summed E-state index contributed by atoms with van der Waals surface area (Å²) in [4.78, 5) is 63.1. The zero-order valence-corrected chi connectivity index (χ0v) is 17.9. The van der Waals surface area contributed by atoms with Gasteiger partial charge in [-0.1, -0.05) is 0 Å². The van der Waals surface area contributed by atoms with Crippen molar-refractivity contribution >= 4 is 35.6 Å². The van der Waals surface area contributed by atoms with Crippen LogP contribution in [0, 0.1) is 0 Å². The van der Waals surface area contributed by atoms with Crippen molar-refractivity contribution in [3.8, 4) is 0 Å². The molecule has 0 heterocycles. The zero-order valence-electron chi connectivity index (χ0n) is 17.9. The van der Waals surface area contributed by atoms with Gasteiger partial charge in [-0.2, -0.15) is 0 Å². The third-order valence-corrected chi connectivity index (χ3v) is 4.07. The second kappa shape index (κ2) is 13.8. The molecule has 0 bridgehead atoms. The molecule has 5 atom stereocenters. The molecule has 4 amide bonds. The van der Waals surface area contributed by atoms with E-state index in [1.165, 1.54) is 13.8 Å². The highest BCUT2D eigenvalue weighted by Gasteiger charge is 2.32. The Morgan fingerprint density at radius 2 is 1.47 bits per heavy atom. The van der Waals surface area contributed by atoms with Crippen molar-refractivity contribution in [2.75, 3.05) is 6.54 Å². The molecule has 0 fully saturated rings. The smallest absolute Gasteiger partial charge is 0.326 e. The molecule has 0 radical (unpaired) electrons. The van der Waals surface area contributed by atoms with Crippen LogP contribution in [-0.2, 0) is 24.0 Å². The number of nitrogens with two attached hydrogens (primary N) is 4. The third-order valence-electron chi connectivity index (χ3n) is 4.07. The average Bonchev–Trinajstić information content (AvgIpc) is 2.66. The van der Waals surface area contributed by atoms with Crippen molar-refractivity contribution in [1.82, 2.24) is 16.0 Å². The summed E-state index contributed by atoms with van der Waals surface area (Å²) in [5.74, 6) is -5.21. The Bertz CT molecular complexity index is 722. The predicted molar refractivity (Wildman–Crippen MR) is 112 cm³/mol. The number of carbonyl (C=O) groups is 5. The highest BCUT2D eigenvalue weighted by atomic mass is 16.4. The summed E-state index contributed by atoms with van der Waals surface area (Å²) in [6.07, 6.45) is -1.80. The lowest BCUT2D eigenvalue weighted by molar-refractivity contribution is -0.144. The fourth-order valence-corrected chi connectivity index (χ4v) is 2.40. The Balaban J connectivity index is 5.40. The van der Waals surface area contributed by atoms with E-state index in [0.717, 1.165) is 0 Å². The highest BCUT2D eigenvalue weighted by molar-refractivity contribution is 5.95. The number of rotatable bonds is 14. The number of aliphatic hydroxyl groups is 1. The maximum Gasteiger partial charge on any atom is 0.326 e. The Morgan fingerprint density at radius 1 is 0.906 bits per heavy atom. The summed E-state index contributed by atoms with van der Waals surface area (Å²) < 4.78 is 0. The van der Waals surface area contributed by atoms with Crippen LogP contribution in [0.2, 0.25) is 0 Å². The molecular formula is C17H32N8O7. The molecule has 0 spiro atoms. The van der Waals surface area contributed by atoms with Crippen LogP contribution in [-0.4, -0.2) is 82.6 Å². The van der Waals surface area contributed by atoms with Gasteiger partial charge >= 0.3 is 5.97 Å². The van der Waals surface area contributed by atoms with E-state index >= 15 is 0 Å². The van der Waals surface area contributed by atoms with Crippen LogP contribution in [0.25, 0.3) is 0 Å². The van der Waals surface area contributed by atoms with Crippen LogP contribution in [0.3, 0.4) is 0 Å². The summed E-state index contributed by atoms with van der Waals surface area (Å²) in [7, 11) is 0. The van der Waals surface area contributed by atoms with E-state index in [1.807, 2.05) is 5.32 Å². The molecule has 0 aromatic heterocycles. The number of aliphatic carboxylic acids is 1. The van der Waals surface area contributed by atoms with E-state index in [2.05, 4.69) is 15.6 Å². The number of hydrogen-bond donors (Lipinski definition) is 9. The van der Waals surface area contributed by atoms with Crippen LogP contribution >= 0.6 is 0 Å². The van der Waals surface area contributed by atoms with E-state index < -0.39 is 66.3 Å². The Morgan fingerprint density at radius 3 is 1.91 bits per heavy atom. The molecule has 0 aliphatic carbocycles. The summed E-state index contributed by atoms with van der Waals surface area (Å²) in [5, 5.41) is 25.7. The molecule has 15 nitrogen and oxygen atoms in total. The van der Waals surface area contributed by atoms with Crippen molar-refractivity contribution in [3.05, 3.63) is 0 Å². The number of aliphatic imine (C=N–C) groups is 1. The number of amides is 4. The van der Waals surface area contributed by atoms with Crippen LogP contribution in [0.15, 0.2) is 4.99 Å². The van der Waals surface area contributed by atoms with Gasteiger partial charge in [0, 0.05) is 6.54 Å². The molecule has 15 heteroatoms. The van der Waals surface area contributed by atoms with Crippen molar-refractivity contribution < 1.29 is 34.2 Å². The van der Waals surface area contributed by atoms with Crippen molar-refractivity contribution in [2.45, 2.75) is 63.4 Å². The molecule has 32 heavy (non-hydrogen) atoms. The SMILES string of the molecule is CC(N)C(=O)NC(CCCN=C(N)N)C(=O)NC(C(=O)NC(CC(N)=O)C(=O)O)C(C)O. The van der Waals surface area contributed by atoms with Gasteiger partial charge in [0.05, 0.1) is 18.6 Å². The Hall–Kier alpha value is -3.46. The largest absolute Gasteiger partial charge is 0.480 e. The molecule has 0 saturated carbocycles. The normalized spacial score (nSPS) is 15.2. The molecule has 0 aliphatic rings. The van der Waals surface area contributed by atoms with Gasteiger partial charge in [0.1, 0.15) is 18.1 Å². The average molecular weight is 460 g/mol. The second-order valence-corrected chi connectivity index (χ2v) is 7.10. The lowest BCUT2D eigenvalue weighted by Gasteiger charge is -2.26. The fraction of sp³-hybridized carbons (Fsp3) is 0.647. The standard InChI is InChI=1S/C17H32N8O7/c1-7(18)13(28)23-9(4-3-5-22-17(20)21)14(29)25-12(8(2)26)15(30)24-10(16(31)32)6-11(19)27/h7-10,12,26H,3-6,18H2,1-2H3,(H2,19,27)(H,23,28)(H,24,30)(H,25,29)(H,31,32)(H4,20,21,22). The first kappa shape index (κ1) is 28.5. The van der Waals surface area contributed by atoms with E-state index in [4.69, 9.17) is 28.0 Å². The molecule has 0 aromatic rings. The number of nitrogens with one attached hydrogen (secondary N) is 3.